The largest absolute Gasteiger partial charge is 0.347 e. The Bertz CT molecular complexity index is 658. The van der Waals surface area contributed by atoms with Gasteiger partial charge in [0.25, 0.3) is 5.91 Å². The van der Waals surface area contributed by atoms with E-state index in [9.17, 15) is 17.6 Å². The van der Waals surface area contributed by atoms with E-state index in [1.807, 2.05) is 20.8 Å². The Morgan fingerprint density at radius 2 is 1.90 bits per heavy atom. The molecule has 0 unspecified atom stereocenters. The molecular formula is C13H18ClFN2O3S. The van der Waals surface area contributed by atoms with Crippen LogP contribution in [0.2, 0.25) is 5.02 Å². The van der Waals surface area contributed by atoms with Crippen LogP contribution in [0.4, 0.5) is 4.39 Å². The zero-order valence-corrected chi connectivity index (χ0v) is 13.6. The fourth-order valence-corrected chi connectivity index (χ4v) is 2.78. The van der Waals surface area contributed by atoms with Crippen LogP contribution >= 0.6 is 11.6 Å². The monoisotopic (exact) mass is 336 g/mol. The van der Waals surface area contributed by atoms with Gasteiger partial charge in [0.15, 0.2) is 0 Å². The van der Waals surface area contributed by atoms with Gasteiger partial charge in [0.2, 0.25) is 10.0 Å². The molecule has 8 heteroatoms. The average molecular weight is 337 g/mol. The molecule has 0 saturated heterocycles. The summed E-state index contributed by atoms with van der Waals surface area (Å²) >= 11 is 5.65. The number of carbonyl (C=O) groups is 1. The fraction of sp³-hybridized carbons (Fsp3) is 0.462. The molecule has 0 bridgehead atoms. The van der Waals surface area contributed by atoms with Crippen LogP contribution in [-0.2, 0) is 10.0 Å². The molecule has 0 atom stereocenters. The first-order chi connectivity index (χ1) is 9.54. The Morgan fingerprint density at radius 1 is 1.38 bits per heavy atom. The van der Waals surface area contributed by atoms with Crippen molar-refractivity contribution < 1.29 is 17.6 Å². The summed E-state index contributed by atoms with van der Waals surface area (Å²) in [6, 6.07) is 1.62. The highest BCUT2D eigenvalue weighted by Crippen LogP contribution is 2.25. The van der Waals surface area contributed by atoms with Gasteiger partial charge in [-0.3, -0.25) is 4.79 Å². The number of hydrogen-bond acceptors (Lipinski definition) is 3. The van der Waals surface area contributed by atoms with Crippen LogP contribution in [0.25, 0.3) is 0 Å². The zero-order chi connectivity index (χ0) is 16.4. The standard InChI is InChI=1S/C13H18ClFN2O3S/c1-4-13(3,5-2)17-12(18)8-6-11(21(16,19)20)9(14)7-10(8)15/h6-7H,4-5H2,1-3H3,(H,17,18)(H2,16,19,20). The van der Waals surface area contributed by atoms with Crippen LogP contribution in [0, 0.1) is 5.82 Å². The van der Waals surface area contributed by atoms with Crippen LogP contribution in [-0.4, -0.2) is 19.9 Å². The topological polar surface area (TPSA) is 89.3 Å². The molecule has 0 aliphatic rings. The molecular weight excluding hydrogens is 319 g/mol. The Labute approximate surface area is 128 Å². The van der Waals surface area contributed by atoms with E-state index in [4.69, 9.17) is 16.7 Å². The lowest BCUT2D eigenvalue weighted by Gasteiger charge is -2.28. The highest BCUT2D eigenvalue weighted by molar-refractivity contribution is 7.89. The molecule has 1 rings (SSSR count). The average Bonchev–Trinajstić information content (AvgIpc) is 2.36. The number of carbonyl (C=O) groups excluding carboxylic acids is 1. The van der Waals surface area contributed by atoms with Crippen molar-refractivity contribution in [3.05, 3.63) is 28.5 Å². The minimum atomic E-state index is -4.14. The van der Waals surface area contributed by atoms with Crippen LogP contribution in [0.15, 0.2) is 17.0 Å². The van der Waals surface area contributed by atoms with Gasteiger partial charge in [0, 0.05) is 5.54 Å². The molecule has 0 fully saturated rings. The molecule has 0 radical (unpaired) electrons. The van der Waals surface area contributed by atoms with Gasteiger partial charge in [-0.1, -0.05) is 25.4 Å². The summed E-state index contributed by atoms with van der Waals surface area (Å²) in [5.74, 6) is -1.61. The molecule has 0 aliphatic carbocycles. The highest BCUT2D eigenvalue weighted by atomic mass is 35.5. The Balaban J connectivity index is 3.28. The molecule has 0 aliphatic heterocycles. The quantitative estimate of drug-likeness (QED) is 0.865. The number of sulfonamides is 1. The van der Waals surface area contributed by atoms with E-state index in [1.165, 1.54) is 0 Å². The molecule has 0 saturated carbocycles. The molecule has 5 nitrogen and oxygen atoms in total. The summed E-state index contributed by atoms with van der Waals surface area (Å²) in [6.07, 6.45) is 1.29. The Morgan fingerprint density at radius 3 is 2.33 bits per heavy atom. The summed E-state index contributed by atoms with van der Waals surface area (Å²) in [7, 11) is -4.14. The van der Waals surface area contributed by atoms with E-state index in [2.05, 4.69) is 5.32 Å². The van der Waals surface area contributed by atoms with Crippen molar-refractivity contribution in [3.63, 3.8) is 0 Å². The number of nitrogens with two attached hydrogens (primary N) is 1. The van der Waals surface area contributed by atoms with Gasteiger partial charge in [-0.15, -0.1) is 0 Å². The highest BCUT2D eigenvalue weighted by Gasteiger charge is 2.26. The molecule has 0 spiro atoms. The van der Waals surface area contributed by atoms with Gasteiger partial charge in [0.1, 0.15) is 10.7 Å². The van der Waals surface area contributed by atoms with E-state index in [-0.39, 0.29) is 5.02 Å². The summed E-state index contributed by atoms with van der Waals surface area (Å²) < 4.78 is 36.6. The van der Waals surface area contributed by atoms with E-state index in [0.717, 1.165) is 12.1 Å². The van der Waals surface area contributed by atoms with Crippen molar-refractivity contribution in [2.24, 2.45) is 5.14 Å². The minimum absolute atomic E-state index is 0.361. The van der Waals surface area contributed by atoms with Gasteiger partial charge in [0.05, 0.1) is 10.6 Å². The summed E-state index contributed by atoms with van der Waals surface area (Å²) in [5.41, 5.74) is -0.915. The second-order valence-corrected chi connectivity index (χ2v) is 6.97. The van der Waals surface area contributed by atoms with Crippen LogP contribution in [0.1, 0.15) is 44.0 Å². The third-order valence-electron chi connectivity index (χ3n) is 3.55. The third-order valence-corrected chi connectivity index (χ3v) is 4.92. The molecule has 118 valence electrons. The Kier molecular flexibility index (Phi) is 5.35. The smallest absolute Gasteiger partial charge is 0.254 e. The third kappa shape index (κ3) is 4.15. The molecule has 1 aromatic carbocycles. The van der Waals surface area contributed by atoms with E-state index in [1.54, 1.807) is 0 Å². The van der Waals surface area contributed by atoms with Crippen LogP contribution in [0.3, 0.4) is 0 Å². The zero-order valence-electron chi connectivity index (χ0n) is 12.0. The van der Waals surface area contributed by atoms with E-state index >= 15 is 0 Å². The van der Waals surface area contributed by atoms with Gasteiger partial charge < -0.3 is 5.32 Å². The van der Waals surface area contributed by atoms with Gasteiger partial charge >= 0.3 is 0 Å². The van der Waals surface area contributed by atoms with Crippen molar-refractivity contribution in [3.8, 4) is 0 Å². The molecule has 3 N–H and O–H groups in total. The van der Waals surface area contributed by atoms with Crippen molar-refractivity contribution >= 4 is 27.5 Å². The maximum absolute atomic E-state index is 13.9. The SMILES string of the molecule is CCC(C)(CC)NC(=O)c1cc(S(N)(=O)=O)c(Cl)cc1F. The first-order valence-electron chi connectivity index (χ1n) is 6.38. The summed E-state index contributed by atoms with van der Waals surface area (Å²) in [6.45, 7) is 5.59. The number of hydrogen-bond donors (Lipinski definition) is 2. The van der Waals surface area contributed by atoms with Gasteiger partial charge in [-0.25, -0.2) is 17.9 Å². The molecule has 21 heavy (non-hydrogen) atoms. The lowest BCUT2D eigenvalue weighted by molar-refractivity contribution is 0.0896. The number of primary sulfonamides is 1. The fourth-order valence-electron chi connectivity index (χ4n) is 1.69. The second-order valence-electron chi connectivity index (χ2n) is 5.03. The first-order valence-corrected chi connectivity index (χ1v) is 8.31. The van der Waals surface area contributed by atoms with Gasteiger partial charge in [-0.2, -0.15) is 0 Å². The van der Waals surface area contributed by atoms with Crippen molar-refractivity contribution in [2.75, 3.05) is 0 Å². The first kappa shape index (κ1) is 17.9. The van der Waals surface area contributed by atoms with Crippen molar-refractivity contribution in [1.82, 2.24) is 5.32 Å². The predicted molar refractivity (Wildman–Crippen MR) is 79.2 cm³/mol. The number of rotatable bonds is 5. The van der Waals surface area contributed by atoms with E-state index in [0.29, 0.717) is 12.8 Å². The lowest BCUT2D eigenvalue weighted by atomic mass is 9.95. The Hall–Kier alpha value is -1.18. The maximum Gasteiger partial charge on any atom is 0.254 e. The maximum atomic E-state index is 13.9. The normalized spacial score (nSPS) is 12.3. The molecule has 1 amide bonds. The van der Waals surface area contributed by atoms with Crippen LogP contribution in [0.5, 0.6) is 0 Å². The molecule has 0 aromatic heterocycles. The lowest BCUT2D eigenvalue weighted by Crippen LogP contribution is -2.45. The van der Waals surface area contributed by atoms with Crippen molar-refractivity contribution in [2.45, 2.75) is 44.0 Å². The molecule has 1 aromatic rings. The van der Waals surface area contributed by atoms with Crippen LogP contribution < -0.4 is 10.5 Å². The van der Waals surface area contributed by atoms with E-state index < -0.39 is 37.7 Å². The molecule has 0 heterocycles. The predicted octanol–water partition coefficient (Wildman–Crippen LogP) is 2.44. The number of amides is 1. The number of halogens is 2. The minimum Gasteiger partial charge on any atom is -0.347 e. The second kappa shape index (κ2) is 6.29. The summed E-state index contributed by atoms with van der Waals surface area (Å²) in [4.78, 5) is 11.7. The van der Waals surface area contributed by atoms with Gasteiger partial charge in [-0.05, 0) is 31.9 Å². The van der Waals surface area contributed by atoms with Crippen molar-refractivity contribution in [1.29, 1.82) is 0 Å². The number of benzene rings is 1. The summed E-state index contributed by atoms with van der Waals surface area (Å²) in [5, 5.41) is 7.32. The number of nitrogens with one attached hydrogen (secondary N) is 1.